The molecule has 0 radical (unpaired) electrons. The topological polar surface area (TPSA) is 36.9 Å². The molecule has 1 aliphatic carbocycles. The fourth-order valence-corrected chi connectivity index (χ4v) is 3.40. The summed E-state index contributed by atoms with van der Waals surface area (Å²) in [5, 5.41) is 0. The van der Waals surface area contributed by atoms with E-state index in [0.717, 1.165) is 29.0 Å². The van der Waals surface area contributed by atoms with Crippen LogP contribution in [0.5, 0.6) is 23.0 Å². The van der Waals surface area contributed by atoms with E-state index in [2.05, 4.69) is 24.3 Å². The number of fused-ring (bicyclic) bond motifs is 3. The standard InChI is InChI=1S/C21H26O4/c1-5-22-18-16-13-14-11-9-10-12-15(14)17(16)19(23-6-2)21(25-8-4)20(18)24-7-3/h9-12H,5-8,13H2,1-4H3. The summed E-state index contributed by atoms with van der Waals surface area (Å²) in [7, 11) is 0. The van der Waals surface area contributed by atoms with Crippen molar-refractivity contribution in [3.8, 4) is 34.1 Å². The lowest BCUT2D eigenvalue weighted by Gasteiger charge is -2.22. The molecular weight excluding hydrogens is 316 g/mol. The molecule has 0 unspecified atom stereocenters. The van der Waals surface area contributed by atoms with Crippen LogP contribution in [-0.4, -0.2) is 26.4 Å². The van der Waals surface area contributed by atoms with Gasteiger partial charge in [0.1, 0.15) is 0 Å². The minimum Gasteiger partial charge on any atom is -0.490 e. The lowest BCUT2D eigenvalue weighted by molar-refractivity contribution is 0.244. The monoisotopic (exact) mass is 342 g/mol. The summed E-state index contributed by atoms with van der Waals surface area (Å²) in [6.45, 7) is 10.1. The van der Waals surface area contributed by atoms with Gasteiger partial charge >= 0.3 is 0 Å². The van der Waals surface area contributed by atoms with Gasteiger partial charge in [-0.25, -0.2) is 0 Å². The van der Waals surface area contributed by atoms with Crippen molar-refractivity contribution in [1.29, 1.82) is 0 Å². The number of rotatable bonds is 8. The van der Waals surface area contributed by atoms with Gasteiger partial charge in [0.2, 0.25) is 11.5 Å². The lowest BCUT2D eigenvalue weighted by atomic mass is 10.0. The third-order valence-corrected chi connectivity index (χ3v) is 4.23. The molecule has 4 heteroatoms. The number of ether oxygens (including phenoxy) is 4. The molecule has 0 saturated carbocycles. The molecule has 25 heavy (non-hydrogen) atoms. The van der Waals surface area contributed by atoms with Gasteiger partial charge in [-0.2, -0.15) is 0 Å². The molecule has 0 atom stereocenters. The minimum absolute atomic E-state index is 0.534. The molecule has 0 fully saturated rings. The minimum atomic E-state index is 0.534. The first kappa shape index (κ1) is 17.5. The summed E-state index contributed by atoms with van der Waals surface area (Å²) < 4.78 is 24.0. The van der Waals surface area contributed by atoms with Gasteiger partial charge < -0.3 is 18.9 Å². The Balaban J connectivity index is 2.33. The van der Waals surface area contributed by atoms with E-state index in [4.69, 9.17) is 18.9 Å². The Kier molecular flexibility index (Phi) is 5.37. The first-order valence-electron chi connectivity index (χ1n) is 9.08. The van der Waals surface area contributed by atoms with Crippen molar-refractivity contribution in [2.24, 2.45) is 0 Å². The SMILES string of the molecule is CCOc1c2c(c(OCC)c(OCC)c1OCC)-c1ccccc1C2. The second-order valence-corrected chi connectivity index (χ2v) is 5.74. The maximum Gasteiger partial charge on any atom is 0.208 e. The highest BCUT2D eigenvalue weighted by molar-refractivity contribution is 5.89. The van der Waals surface area contributed by atoms with Crippen LogP contribution in [0.4, 0.5) is 0 Å². The van der Waals surface area contributed by atoms with Crippen molar-refractivity contribution < 1.29 is 18.9 Å². The highest BCUT2D eigenvalue weighted by atomic mass is 16.6. The second-order valence-electron chi connectivity index (χ2n) is 5.74. The molecule has 0 saturated heterocycles. The van der Waals surface area contributed by atoms with E-state index in [1.54, 1.807) is 0 Å². The summed E-state index contributed by atoms with van der Waals surface area (Å²) >= 11 is 0. The van der Waals surface area contributed by atoms with Crippen molar-refractivity contribution in [2.75, 3.05) is 26.4 Å². The van der Waals surface area contributed by atoms with Gasteiger partial charge in [0.15, 0.2) is 11.5 Å². The third kappa shape index (κ3) is 3.01. The third-order valence-electron chi connectivity index (χ3n) is 4.23. The van der Waals surface area contributed by atoms with Crippen LogP contribution in [-0.2, 0) is 6.42 Å². The molecule has 2 aromatic carbocycles. The Labute approximate surface area is 149 Å². The highest BCUT2D eigenvalue weighted by Gasteiger charge is 2.33. The summed E-state index contributed by atoms with van der Waals surface area (Å²) in [5.74, 6) is 2.84. The molecule has 2 aromatic rings. The van der Waals surface area contributed by atoms with Crippen LogP contribution in [0.15, 0.2) is 24.3 Å². The van der Waals surface area contributed by atoms with Crippen LogP contribution < -0.4 is 18.9 Å². The number of hydrogen-bond acceptors (Lipinski definition) is 4. The molecule has 0 N–H and O–H groups in total. The van der Waals surface area contributed by atoms with E-state index in [1.165, 1.54) is 11.1 Å². The number of hydrogen-bond donors (Lipinski definition) is 0. The average Bonchev–Trinajstić information content (AvgIpc) is 3.00. The highest BCUT2D eigenvalue weighted by Crippen LogP contribution is 2.57. The van der Waals surface area contributed by atoms with Crippen molar-refractivity contribution >= 4 is 0 Å². The predicted molar refractivity (Wildman–Crippen MR) is 99.4 cm³/mol. The number of benzene rings is 2. The Morgan fingerprint density at radius 2 is 1.20 bits per heavy atom. The Morgan fingerprint density at radius 1 is 0.680 bits per heavy atom. The van der Waals surface area contributed by atoms with E-state index in [9.17, 15) is 0 Å². The zero-order valence-corrected chi connectivity index (χ0v) is 15.5. The smallest absolute Gasteiger partial charge is 0.208 e. The fraction of sp³-hybridized carbons (Fsp3) is 0.429. The molecule has 4 nitrogen and oxygen atoms in total. The first-order valence-corrected chi connectivity index (χ1v) is 9.08. The molecule has 0 aromatic heterocycles. The molecule has 0 bridgehead atoms. The van der Waals surface area contributed by atoms with Crippen LogP contribution in [0.1, 0.15) is 38.8 Å². The lowest BCUT2D eigenvalue weighted by Crippen LogP contribution is -2.08. The van der Waals surface area contributed by atoms with E-state index in [0.29, 0.717) is 37.9 Å². The summed E-state index contributed by atoms with van der Waals surface area (Å²) in [6.07, 6.45) is 0.813. The summed E-state index contributed by atoms with van der Waals surface area (Å²) in [4.78, 5) is 0. The average molecular weight is 342 g/mol. The molecule has 0 amide bonds. The molecule has 0 aliphatic heterocycles. The van der Waals surface area contributed by atoms with Gasteiger partial charge in [0.25, 0.3) is 0 Å². The predicted octanol–water partition coefficient (Wildman–Crippen LogP) is 4.85. The summed E-state index contributed by atoms with van der Waals surface area (Å²) in [5.41, 5.74) is 4.66. The van der Waals surface area contributed by atoms with Crippen molar-refractivity contribution in [2.45, 2.75) is 34.1 Å². The van der Waals surface area contributed by atoms with Gasteiger partial charge in [-0.05, 0) is 38.8 Å². The van der Waals surface area contributed by atoms with Crippen molar-refractivity contribution in [3.63, 3.8) is 0 Å². The Hall–Kier alpha value is -2.36. The maximum atomic E-state index is 6.05. The maximum absolute atomic E-state index is 6.05. The van der Waals surface area contributed by atoms with E-state index in [1.807, 2.05) is 27.7 Å². The zero-order valence-electron chi connectivity index (χ0n) is 15.5. The van der Waals surface area contributed by atoms with E-state index < -0.39 is 0 Å². The molecule has 0 spiro atoms. The molecule has 1 aliphatic rings. The molecule has 0 heterocycles. The van der Waals surface area contributed by atoms with Gasteiger partial charge in [0.05, 0.1) is 26.4 Å². The quantitative estimate of drug-likeness (QED) is 0.586. The van der Waals surface area contributed by atoms with Crippen LogP contribution >= 0.6 is 0 Å². The van der Waals surface area contributed by atoms with E-state index in [-0.39, 0.29) is 0 Å². The van der Waals surface area contributed by atoms with Crippen LogP contribution in [0.25, 0.3) is 11.1 Å². The second kappa shape index (κ2) is 7.68. The molecule has 3 rings (SSSR count). The van der Waals surface area contributed by atoms with Crippen LogP contribution in [0.3, 0.4) is 0 Å². The van der Waals surface area contributed by atoms with Gasteiger partial charge in [0, 0.05) is 17.5 Å². The Bertz CT molecular complexity index is 752. The van der Waals surface area contributed by atoms with E-state index >= 15 is 0 Å². The molecule has 134 valence electrons. The summed E-state index contributed by atoms with van der Waals surface area (Å²) in [6, 6.07) is 8.41. The Morgan fingerprint density at radius 3 is 1.84 bits per heavy atom. The van der Waals surface area contributed by atoms with Gasteiger partial charge in [-0.15, -0.1) is 0 Å². The van der Waals surface area contributed by atoms with Crippen LogP contribution in [0, 0.1) is 0 Å². The fourth-order valence-electron chi connectivity index (χ4n) is 3.40. The zero-order chi connectivity index (χ0) is 17.8. The normalized spacial score (nSPS) is 11.7. The largest absolute Gasteiger partial charge is 0.490 e. The first-order chi connectivity index (χ1) is 12.3. The van der Waals surface area contributed by atoms with Crippen molar-refractivity contribution in [3.05, 3.63) is 35.4 Å². The van der Waals surface area contributed by atoms with Gasteiger partial charge in [-0.3, -0.25) is 0 Å². The van der Waals surface area contributed by atoms with Crippen molar-refractivity contribution in [1.82, 2.24) is 0 Å². The molecular formula is C21H26O4. The van der Waals surface area contributed by atoms with Crippen LogP contribution in [0.2, 0.25) is 0 Å². The van der Waals surface area contributed by atoms with Gasteiger partial charge in [-0.1, -0.05) is 24.3 Å².